The maximum absolute atomic E-state index is 9.54. The van der Waals surface area contributed by atoms with E-state index >= 15 is 0 Å². The Kier molecular flexibility index (Phi) is 4.99. The lowest BCUT2D eigenvalue weighted by atomic mass is 10.1. The number of hydrogen-bond acceptors (Lipinski definition) is 4. The van der Waals surface area contributed by atoms with Crippen LogP contribution >= 0.6 is 0 Å². The summed E-state index contributed by atoms with van der Waals surface area (Å²) in [5.41, 5.74) is 5.69. The van der Waals surface area contributed by atoms with Gasteiger partial charge in [-0.2, -0.15) is 5.10 Å². The van der Waals surface area contributed by atoms with Crippen molar-refractivity contribution in [2.24, 2.45) is 5.10 Å². The van der Waals surface area contributed by atoms with Crippen LogP contribution < -0.4 is 10.2 Å². The Balaban J connectivity index is 2.03. The number of benzene rings is 2. The Labute approximate surface area is 124 Å². The molecule has 2 aromatic rings. The molecule has 0 saturated heterocycles. The van der Waals surface area contributed by atoms with E-state index < -0.39 is 0 Å². The first-order valence-electron chi connectivity index (χ1n) is 6.59. The second kappa shape index (κ2) is 7.14. The number of nitrogens with one attached hydrogen (secondary N) is 1. The molecule has 0 aliphatic rings. The zero-order valence-corrected chi connectivity index (χ0v) is 12.1. The molecular weight excluding hydrogens is 264 g/mol. The first kappa shape index (κ1) is 14.7. The van der Waals surface area contributed by atoms with Gasteiger partial charge in [-0.15, -0.1) is 0 Å². The van der Waals surface area contributed by atoms with Gasteiger partial charge in [-0.05, 0) is 42.8 Å². The Morgan fingerprint density at radius 2 is 1.95 bits per heavy atom. The highest BCUT2D eigenvalue weighted by Crippen LogP contribution is 2.26. The predicted molar refractivity (Wildman–Crippen MR) is 86.9 cm³/mol. The molecule has 0 bridgehead atoms. The molecule has 0 unspecified atom stereocenters. The lowest BCUT2D eigenvalue weighted by Crippen LogP contribution is -1.93. The molecule has 0 fully saturated rings. The van der Waals surface area contributed by atoms with Crippen molar-refractivity contribution in [3.8, 4) is 11.5 Å². The first-order chi connectivity index (χ1) is 10.2. The van der Waals surface area contributed by atoms with Crippen molar-refractivity contribution >= 4 is 17.5 Å². The van der Waals surface area contributed by atoms with Crippen LogP contribution in [0.5, 0.6) is 11.5 Å². The standard InChI is InChI=1S/C17H18N2O2/c1-13(18-19-15-6-4-3-5-7-15)8-9-14-10-11-16(20)17(12-14)21-2/h3-12,19-20H,1-2H3/b9-8+,18-13?. The third kappa shape index (κ3) is 4.38. The molecule has 4 nitrogen and oxygen atoms in total. The molecule has 0 spiro atoms. The zero-order chi connectivity index (χ0) is 15.1. The van der Waals surface area contributed by atoms with Crippen molar-refractivity contribution < 1.29 is 9.84 Å². The summed E-state index contributed by atoms with van der Waals surface area (Å²) in [6.45, 7) is 1.91. The van der Waals surface area contributed by atoms with Gasteiger partial charge in [-0.3, -0.25) is 5.43 Å². The number of nitrogens with zero attached hydrogens (tertiary/aromatic N) is 1. The van der Waals surface area contributed by atoms with Crippen LogP contribution in [-0.4, -0.2) is 17.9 Å². The Hall–Kier alpha value is -2.75. The summed E-state index contributed by atoms with van der Waals surface area (Å²) in [7, 11) is 1.53. The average molecular weight is 282 g/mol. The maximum atomic E-state index is 9.54. The van der Waals surface area contributed by atoms with Gasteiger partial charge in [-0.1, -0.05) is 30.3 Å². The van der Waals surface area contributed by atoms with E-state index in [-0.39, 0.29) is 5.75 Å². The maximum Gasteiger partial charge on any atom is 0.161 e. The van der Waals surface area contributed by atoms with E-state index in [1.807, 2.05) is 55.5 Å². The summed E-state index contributed by atoms with van der Waals surface area (Å²) < 4.78 is 5.07. The lowest BCUT2D eigenvalue weighted by Gasteiger charge is -2.03. The fourth-order valence-electron chi connectivity index (χ4n) is 1.72. The number of hydrogen-bond donors (Lipinski definition) is 2. The van der Waals surface area contributed by atoms with Gasteiger partial charge in [0.15, 0.2) is 11.5 Å². The largest absolute Gasteiger partial charge is 0.504 e. The molecule has 21 heavy (non-hydrogen) atoms. The van der Waals surface area contributed by atoms with E-state index in [9.17, 15) is 5.11 Å². The number of phenols is 1. The normalized spacial score (nSPS) is 11.6. The highest BCUT2D eigenvalue weighted by molar-refractivity contribution is 5.96. The molecule has 0 saturated carbocycles. The number of anilines is 1. The molecule has 2 rings (SSSR count). The summed E-state index contributed by atoms with van der Waals surface area (Å²) in [6, 6.07) is 14.9. The van der Waals surface area contributed by atoms with Gasteiger partial charge >= 0.3 is 0 Å². The van der Waals surface area contributed by atoms with Crippen LogP contribution in [0.2, 0.25) is 0 Å². The molecule has 0 radical (unpaired) electrons. The average Bonchev–Trinajstić information content (AvgIpc) is 2.53. The molecular formula is C17H18N2O2. The summed E-state index contributed by atoms with van der Waals surface area (Å²) in [5, 5.41) is 13.8. The molecule has 4 heteroatoms. The SMILES string of the molecule is COc1cc(/C=C/C(C)=NNc2ccccc2)ccc1O. The minimum absolute atomic E-state index is 0.130. The number of para-hydroxylation sites is 1. The zero-order valence-electron chi connectivity index (χ0n) is 12.1. The van der Waals surface area contributed by atoms with Crippen molar-refractivity contribution in [2.45, 2.75) is 6.92 Å². The molecule has 2 N–H and O–H groups in total. The van der Waals surface area contributed by atoms with Crippen LogP contribution in [0.15, 0.2) is 59.7 Å². The topological polar surface area (TPSA) is 53.8 Å². The minimum atomic E-state index is 0.130. The lowest BCUT2D eigenvalue weighted by molar-refractivity contribution is 0.373. The second-order valence-corrected chi connectivity index (χ2v) is 4.50. The summed E-state index contributed by atoms with van der Waals surface area (Å²) in [5.74, 6) is 0.583. The number of allylic oxidation sites excluding steroid dienone is 1. The summed E-state index contributed by atoms with van der Waals surface area (Å²) in [4.78, 5) is 0. The number of aromatic hydroxyl groups is 1. The molecule has 0 amide bonds. The van der Waals surface area contributed by atoms with Crippen LogP contribution in [0.1, 0.15) is 12.5 Å². The highest BCUT2D eigenvalue weighted by atomic mass is 16.5. The van der Waals surface area contributed by atoms with Crippen LogP contribution in [0.25, 0.3) is 6.08 Å². The van der Waals surface area contributed by atoms with Gasteiger partial charge < -0.3 is 9.84 Å². The van der Waals surface area contributed by atoms with Gasteiger partial charge in [0.1, 0.15) is 0 Å². The molecule has 0 heterocycles. The van der Waals surface area contributed by atoms with E-state index in [0.717, 1.165) is 17.0 Å². The van der Waals surface area contributed by atoms with Gasteiger partial charge in [0, 0.05) is 0 Å². The molecule has 0 aromatic heterocycles. The first-order valence-corrected chi connectivity index (χ1v) is 6.59. The smallest absolute Gasteiger partial charge is 0.161 e. The van der Waals surface area contributed by atoms with Crippen LogP contribution in [-0.2, 0) is 0 Å². The Bertz CT molecular complexity index is 649. The number of rotatable bonds is 5. The third-order valence-corrected chi connectivity index (χ3v) is 2.86. The Morgan fingerprint density at radius 3 is 2.67 bits per heavy atom. The van der Waals surface area contributed by atoms with Crippen molar-refractivity contribution in [1.82, 2.24) is 0 Å². The van der Waals surface area contributed by atoms with Crippen LogP contribution in [0, 0.1) is 0 Å². The highest BCUT2D eigenvalue weighted by Gasteiger charge is 2.00. The van der Waals surface area contributed by atoms with Crippen LogP contribution in [0.4, 0.5) is 5.69 Å². The van der Waals surface area contributed by atoms with Crippen molar-refractivity contribution in [3.05, 3.63) is 60.2 Å². The van der Waals surface area contributed by atoms with E-state index in [1.54, 1.807) is 12.1 Å². The van der Waals surface area contributed by atoms with E-state index in [0.29, 0.717) is 5.75 Å². The molecule has 0 atom stereocenters. The van der Waals surface area contributed by atoms with E-state index in [1.165, 1.54) is 7.11 Å². The monoisotopic (exact) mass is 282 g/mol. The fraction of sp³-hybridized carbons (Fsp3) is 0.118. The van der Waals surface area contributed by atoms with Crippen molar-refractivity contribution in [2.75, 3.05) is 12.5 Å². The molecule has 0 aliphatic heterocycles. The summed E-state index contributed by atoms with van der Waals surface area (Å²) >= 11 is 0. The molecule has 2 aromatic carbocycles. The number of phenolic OH excluding ortho intramolecular Hbond substituents is 1. The summed E-state index contributed by atoms with van der Waals surface area (Å²) in [6.07, 6.45) is 3.80. The number of methoxy groups -OCH3 is 1. The van der Waals surface area contributed by atoms with E-state index in [4.69, 9.17) is 4.74 Å². The predicted octanol–water partition coefficient (Wildman–Crippen LogP) is 3.90. The van der Waals surface area contributed by atoms with Gasteiger partial charge in [0.2, 0.25) is 0 Å². The van der Waals surface area contributed by atoms with Crippen molar-refractivity contribution in [3.63, 3.8) is 0 Å². The minimum Gasteiger partial charge on any atom is -0.504 e. The quantitative estimate of drug-likeness (QED) is 0.646. The third-order valence-electron chi connectivity index (χ3n) is 2.86. The molecule has 108 valence electrons. The van der Waals surface area contributed by atoms with Gasteiger partial charge in [-0.25, -0.2) is 0 Å². The van der Waals surface area contributed by atoms with Gasteiger partial charge in [0.05, 0.1) is 18.5 Å². The van der Waals surface area contributed by atoms with Crippen molar-refractivity contribution in [1.29, 1.82) is 0 Å². The molecule has 0 aliphatic carbocycles. The Morgan fingerprint density at radius 1 is 1.19 bits per heavy atom. The second-order valence-electron chi connectivity index (χ2n) is 4.50. The number of hydrazone groups is 1. The number of ether oxygens (including phenoxy) is 1. The van der Waals surface area contributed by atoms with Gasteiger partial charge in [0.25, 0.3) is 0 Å². The fourth-order valence-corrected chi connectivity index (χ4v) is 1.72. The van der Waals surface area contributed by atoms with Crippen LogP contribution in [0.3, 0.4) is 0 Å². The van der Waals surface area contributed by atoms with E-state index in [2.05, 4.69) is 10.5 Å².